The van der Waals surface area contributed by atoms with Crippen LogP contribution in [0.4, 0.5) is 0 Å². The molecule has 4 heteroatoms. The highest BCUT2D eigenvalue weighted by Crippen LogP contribution is 2.27. The lowest BCUT2D eigenvalue weighted by Gasteiger charge is -2.19. The van der Waals surface area contributed by atoms with Gasteiger partial charge in [-0.3, -0.25) is 4.79 Å². The summed E-state index contributed by atoms with van der Waals surface area (Å²) in [6.45, 7) is 8.79. The minimum absolute atomic E-state index is 0.250. The summed E-state index contributed by atoms with van der Waals surface area (Å²) in [5.41, 5.74) is 4.06. The molecule has 0 amide bonds. The van der Waals surface area contributed by atoms with Gasteiger partial charge in [0.2, 0.25) is 0 Å². The first-order valence-electron chi connectivity index (χ1n) is 9.88. The molecule has 3 nitrogen and oxygen atoms in total. The van der Waals surface area contributed by atoms with Crippen LogP contribution in [0.15, 0.2) is 53.4 Å². The van der Waals surface area contributed by atoms with Crippen molar-refractivity contribution in [3.63, 3.8) is 0 Å². The van der Waals surface area contributed by atoms with Crippen LogP contribution in [0.25, 0.3) is 11.1 Å². The minimum atomic E-state index is -0.250. The van der Waals surface area contributed by atoms with Gasteiger partial charge in [-0.05, 0) is 66.5 Å². The van der Waals surface area contributed by atoms with Crippen molar-refractivity contribution in [1.82, 2.24) is 4.31 Å². The summed E-state index contributed by atoms with van der Waals surface area (Å²) in [6.07, 6.45) is 6.13. The molecule has 0 heterocycles. The van der Waals surface area contributed by atoms with E-state index in [2.05, 4.69) is 73.6 Å². The molecule has 148 valence electrons. The van der Waals surface area contributed by atoms with Crippen molar-refractivity contribution in [2.45, 2.75) is 57.8 Å². The van der Waals surface area contributed by atoms with E-state index in [9.17, 15) is 0 Å². The molecule has 27 heavy (non-hydrogen) atoms. The fraction of sp³-hybridized carbons (Fsp3) is 0.435. The monoisotopic (exact) mass is 387 g/mol. The maximum atomic E-state index is 8.36. The van der Waals surface area contributed by atoms with E-state index in [0.29, 0.717) is 0 Å². The van der Waals surface area contributed by atoms with Gasteiger partial charge >= 0.3 is 0 Å². The molecule has 0 aliphatic carbocycles. The van der Waals surface area contributed by atoms with E-state index in [-0.39, 0.29) is 6.47 Å². The van der Waals surface area contributed by atoms with Crippen LogP contribution in [0.1, 0.15) is 52.0 Å². The number of carboxylic acid groups (broad SMARTS) is 1. The van der Waals surface area contributed by atoms with E-state index in [4.69, 9.17) is 9.90 Å². The number of carbonyl (C=O) groups is 1. The number of unbranched alkanes of at least 4 members (excludes halogenated alkanes) is 1. The van der Waals surface area contributed by atoms with Crippen LogP contribution < -0.4 is 0 Å². The van der Waals surface area contributed by atoms with Crippen molar-refractivity contribution in [1.29, 1.82) is 0 Å². The second-order valence-corrected chi connectivity index (χ2v) is 7.62. The molecule has 0 aliphatic rings. The zero-order valence-corrected chi connectivity index (χ0v) is 17.7. The van der Waals surface area contributed by atoms with Crippen molar-refractivity contribution in [2.75, 3.05) is 13.1 Å². The predicted octanol–water partition coefficient (Wildman–Crippen LogP) is 6.53. The molecule has 2 rings (SSSR count). The van der Waals surface area contributed by atoms with Crippen LogP contribution in [-0.2, 0) is 11.2 Å². The number of hydrogen-bond donors (Lipinski definition) is 1. The second-order valence-electron chi connectivity index (χ2n) is 6.45. The molecule has 2 aromatic rings. The zero-order chi connectivity index (χ0) is 19.9. The minimum Gasteiger partial charge on any atom is -0.483 e. The summed E-state index contributed by atoms with van der Waals surface area (Å²) in [6, 6.07) is 18.1. The summed E-state index contributed by atoms with van der Waals surface area (Å²) < 4.78 is 2.47. The molecular formula is C23H33NO2S. The fourth-order valence-corrected chi connectivity index (χ4v) is 3.91. The van der Waals surface area contributed by atoms with E-state index < -0.39 is 0 Å². The van der Waals surface area contributed by atoms with Crippen LogP contribution in [-0.4, -0.2) is 29.0 Å². The van der Waals surface area contributed by atoms with Crippen LogP contribution in [0.5, 0.6) is 0 Å². The summed E-state index contributed by atoms with van der Waals surface area (Å²) in [5, 5.41) is 6.89. The van der Waals surface area contributed by atoms with Gasteiger partial charge in [0, 0.05) is 18.0 Å². The summed E-state index contributed by atoms with van der Waals surface area (Å²) in [7, 11) is 0. The maximum absolute atomic E-state index is 8.36. The Labute approximate surface area is 168 Å². The highest BCUT2D eigenvalue weighted by molar-refractivity contribution is 7.97. The van der Waals surface area contributed by atoms with Gasteiger partial charge in [-0.25, -0.2) is 4.31 Å². The first kappa shape index (κ1) is 23.3. The second kappa shape index (κ2) is 14.3. The highest BCUT2D eigenvalue weighted by Gasteiger charge is 2.05. The highest BCUT2D eigenvalue weighted by atomic mass is 32.2. The van der Waals surface area contributed by atoms with Gasteiger partial charge in [-0.1, -0.05) is 63.6 Å². The SMILES string of the molecule is CCCCc1ccc(-c2ccc(SN(CCC)CCC)cc2)cc1.O=CO. The molecular weight excluding hydrogens is 354 g/mol. The van der Waals surface area contributed by atoms with E-state index in [1.54, 1.807) is 0 Å². The molecule has 0 fully saturated rings. The normalized spacial score (nSPS) is 10.4. The molecule has 0 saturated carbocycles. The van der Waals surface area contributed by atoms with Crippen molar-refractivity contribution in [3.8, 4) is 11.1 Å². The Morgan fingerprint density at radius 2 is 1.33 bits per heavy atom. The Balaban J connectivity index is 0.00000114. The third-order valence-corrected chi connectivity index (χ3v) is 5.25. The molecule has 0 saturated heterocycles. The third-order valence-electron chi connectivity index (χ3n) is 4.14. The molecule has 0 radical (unpaired) electrons. The first-order chi connectivity index (χ1) is 13.2. The van der Waals surface area contributed by atoms with Gasteiger partial charge in [0.1, 0.15) is 0 Å². The van der Waals surface area contributed by atoms with Crippen molar-refractivity contribution in [3.05, 3.63) is 54.1 Å². The largest absolute Gasteiger partial charge is 0.483 e. The number of aryl methyl sites for hydroxylation is 1. The molecule has 0 bridgehead atoms. The molecule has 1 N–H and O–H groups in total. The lowest BCUT2D eigenvalue weighted by Crippen LogP contribution is -2.17. The van der Waals surface area contributed by atoms with Gasteiger partial charge in [-0.15, -0.1) is 0 Å². The topological polar surface area (TPSA) is 40.5 Å². The van der Waals surface area contributed by atoms with E-state index in [1.165, 1.54) is 53.7 Å². The Bertz CT molecular complexity index is 620. The molecule has 0 aromatic heterocycles. The van der Waals surface area contributed by atoms with Gasteiger partial charge < -0.3 is 5.11 Å². The molecule has 0 atom stereocenters. The van der Waals surface area contributed by atoms with Crippen LogP contribution in [0.3, 0.4) is 0 Å². The average Bonchev–Trinajstić information content (AvgIpc) is 2.68. The van der Waals surface area contributed by atoms with E-state index in [1.807, 2.05) is 11.9 Å². The lowest BCUT2D eigenvalue weighted by atomic mass is 10.0. The van der Waals surface area contributed by atoms with E-state index >= 15 is 0 Å². The molecule has 2 aromatic carbocycles. The molecule has 0 spiro atoms. The molecule has 0 unspecified atom stereocenters. The predicted molar refractivity (Wildman–Crippen MR) is 117 cm³/mol. The van der Waals surface area contributed by atoms with Crippen LogP contribution in [0, 0.1) is 0 Å². The summed E-state index contributed by atoms with van der Waals surface area (Å²) in [5.74, 6) is 0. The summed E-state index contributed by atoms with van der Waals surface area (Å²) in [4.78, 5) is 9.69. The fourth-order valence-electron chi connectivity index (χ4n) is 2.80. The average molecular weight is 388 g/mol. The van der Waals surface area contributed by atoms with Crippen molar-refractivity contribution < 1.29 is 9.90 Å². The number of nitrogens with zero attached hydrogens (tertiary/aromatic N) is 1. The van der Waals surface area contributed by atoms with Gasteiger partial charge in [0.25, 0.3) is 6.47 Å². The van der Waals surface area contributed by atoms with Crippen molar-refractivity contribution in [2.24, 2.45) is 0 Å². The Kier molecular flexibility index (Phi) is 12.3. The van der Waals surface area contributed by atoms with Gasteiger partial charge in [0.15, 0.2) is 0 Å². The zero-order valence-electron chi connectivity index (χ0n) is 16.9. The Morgan fingerprint density at radius 1 is 0.852 bits per heavy atom. The lowest BCUT2D eigenvalue weighted by molar-refractivity contribution is -0.122. The standard InChI is InChI=1S/C22H31NS.CH2O2/c1-4-7-8-19-9-11-20(12-10-19)21-13-15-22(16-14-21)24-23(17-5-2)18-6-3;2-1-3/h9-16H,4-8,17-18H2,1-3H3;1H,(H,2,3). The number of benzene rings is 2. The third kappa shape index (κ3) is 9.12. The first-order valence-corrected chi connectivity index (χ1v) is 10.7. The Morgan fingerprint density at radius 3 is 1.78 bits per heavy atom. The molecule has 0 aliphatic heterocycles. The quantitative estimate of drug-likeness (QED) is 0.372. The van der Waals surface area contributed by atoms with E-state index in [0.717, 1.165) is 13.1 Å². The van der Waals surface area contributed by atoms with Crippen LogP contribution in [0.2, 0.25) is 0 Å². The van der Waals surface area contributed by atoms with Gasteiger partial charge in [-0.2, -0.15) is 0 Å². The van der Waals surface area contributed by atoms with Crippen molar-refractivity contribution >= 4 is 18.4 Å². The number of rotatable bonds is 10. The Hall–Kier alpha value is -1.78. The van der Waals surface area contributed by atoms with Crippen LogP contribution >= 0.6 is 11.9 Å². The maximum Gasteiger partial charge on any atom is 0.290 e. The number of hydrogen-bond acceptors (Lipinski definition) is 3. The smallest absolute Gasteiger partial charge is 0.290 e. The van der Waals surface area contributed by atoms with Gasteiger partial charge in [0.05, 0.1) is 0 Å². The summed E-state index contributed by atoms with van der Waals surface area (Å²) >= 11 is 1.89.